The zero-order valence-corrected chi connectivity index (χ0v) is 24.2. The van der Waals surface area contributed by atoms with Crippen molar-refractivity contribution in [3.8, 4) is 39.3 Å². The zero-order valence-electron chi connectivity index (χ0n) is 24.2. The van der Waals surface area contributed by atoms with Crippen molar-refractivity contribution in [1.82, 2.24) is 9.55 Å². The Morgan fingerprint density at radius 3 is 1.91 bits per heavy atom. The van der Waals surface area contributed by atoms with Gasteiger partial charge in [-0.2, -0.15) is 0 Å². The number of rotatable bonds is 5. The molecule has 0 saturated heterocycles. The summed E-state index contributed by atoms with van der Waals surface area (Å²) < 4.78 is 9.03. The largest absolute Gasteiger partial charge is 0.455 e. The Morgan fingerprint density at radius 1 is 0.581 bits per heavy atom. The molecule has 8 rings (SSSR count). The van der Waals surface area contributed by atoms with Gasteiger partial charge in [0.15, 0.2) is 0 Å². The maximum atomic E-state index is 6.69. The smallest absolute Gasteiger partial charge is 0.149 e. The van der Waals surface area contributed by atoms with Gasteiger partial charge < -0.3 is 4.42 Å². The topological polar surface area (TPSA) is 31.0 Å². The highest BCUT2D eigenvalue weighted by molar-refractivity contribution is 6.10. The van der Waals surface area contributed by atoms with Crippen molar-refractivity contribution in [2.75, 3.05) is 0 Å². The third kappa shape index (κ3) is 4.16. The van der Waals surface area contributed by atoms with E-state index in [1.54, 1.807) is 0 Å². The summed E-state index contributed by atoms with van der Waals surface area (Å²) in [4.78, 5) is 5.30. The van der Waals surface area contributed by atoms with Crippen molar-refractivity contribution < 1.29 is 4.42 Å². The predicted octanol–water partition coefficient (Wildman–Crippen LogP) is 11.0. The first-order chi connectivity index (χ1) is 21.2. The minimum absolute atomic E-state index is 0.423. The van der Waals surface area contributed by atoms with Gasteiger partial charge in [0.2, 0.25) is 0 Å². The number of imidazole rings is 1. The first-order valence-electron chi connectivity index (χ1n) is 14.8. The van der Waals surface area contributed by atoms with Gasteiger partial charge in [-0.1, -0.05) is 129 Å². The number of benzene rings is 6. The molecule has 0 aliphatic carbocycles. The summed E-state index contributed by atoms with van der Waals surface area (Å²) in [5, 5.41) is 2.22. The van der Waals surface area contributed by atoms with Crippen molar-refractivity contribution in [3.05, 3.63) is 145 Å². The predicted molar refractivity (Wildman–Crippen MR) is 179 cm³/mol. The molecule has 0 bridgehead atoms. The molecule has 0 aliphatic heterocycles. The van der Waals surface area contributed by atoms with Gasteiger partial charge in [0.1, 0.15) is 17.0 Å². The molecule has 43 heavy (non-hydrogen) atoms. The minimum Gasteiger partial charge on any atom is -0.455 e. The van der Waals surface area contributed by atoms with Crippen LogP contribution < -0.4 is 0 Å². The van der Waals surface area contributed by atoms with Crippen LogP contribution in [0.25, 0.3) is 72.3 Å². The summed E-state index contributed by atoms with van der Waals surface area (Å²) in [7, 11) is 0. The van der Waals surface area contributed by atoms with Crippen LogP contribution in [0.15, 0.2) is 144 Å². The molecule has 0 N–H and O–H groups in total. The number of furan rings is 1. The average molecular weight is 555 g/mol. The summed E-state index contributed by atoms with van der Waals surface area (Å²) >= 11 is 0. The van der Waals surface area contributed by atoms with E-state index >= 15 is 0 Å². The van der Waals surface area contributed by atoms with E-state index in [9.17, 15) is 0 Å². The Kier molecular flexibility index (Phi) is 5.97. The highest BCUT2D eigenvalue weighted by atomic mass is 16.3. The fraction of sp³-hybridized carbons (Fsp3) is 0.0750. The molecule has 2 aromatic heterocycles. The summed E-state index contributed by atoms with van der Waals surface area (Å²) in [6.45, 7) is 4.43. The highest BCUT2D eigenvalue weighted by Gasteiger charge is 2.23. The van der Waals surface area contributed by atoms with E-state index in [4.69, 9.17) is 9.40 Å². The van der Waals surface area contributed by atoms with Crippen molar-refractivity contribution >= 4 is 33.0 Å². The molecule has 0 aliphatic rings. The summed E-state index contributed by atoms with van der Waals surface area (Å²) in [6.07, 6.45) is 0. The highest BCUT2D eigenvalue weighted by Crippen LogP contribution is 2.43. The molecule has 3 nitrogen and oxygen atoms in total. The number of nitrogens with zero attached hydrogens (tertiary/aromatic N) is 2. The quantitative estimate of drug-likeness (QED) is 0.212. The second-order valence-corrected chi connectivity index (χ2v) is 11.4. The average Bonchev–Trinajstić information content (AvgIpc) is 3.63. The number of hydrogen-bond donors (Lipinski definition) is 0. The SMILES string of the molecule is CC(C)c1ccc2c(c1)oc1c(-c3nc4ccccc4n3-c3c(-c4ccccc4)cccc3-c3ccccc3)cccc12. The van der Waals surface area contributed by atoms with Crippen molar-refractivity contribution in [3.63, 3.8) is 0 Å². The van der Waals surface area contributed by atoms with Gasteiger partial charge in [0.25, 0.3) is 0 Å². The van der Waals surface area contributed by atoms with Gasteiger partial charge in [0, 0.05) is 21.9 Å². The van der Waals surface area contributed by atoms with Crippen LogP contribution in [0.2, 0.25) is 0 Å². The zero-order chi connectivity index (χ0) is 28.9. The molecule has 0 atom stereocenters. The van der Waals surface area contributed by atoms with E-state index in [0.717, 1.165) is 72.3 Å². The van der Waals surface area contributed by atoms with Gasteiger partial charge in [-0.3, -0.25) is 4.57 Å². The Hall–Kier alpha value is -5.41. The lowest BCUT2D eigenvalue weighted by atomic mass is 9.95. The molecule has 6 aromatic carbocycles. The van der Waals surface area contributed by atoms with Crippen LogP contribution >= 0.6 is 0 Å². The molecule has 0 radical (unpaired) electrons. The Labute approximate surface area is 250 Å². The van der Waals surface area contributed by atoms with E-state index < -0.39 is 0 Å². The van der Waals surface area contributed by atoms with Crippen LogP contribution in [0.5, 0.6) is 0 Å². The molecule has 0 spiro atoms. The van der Waals surface area contributed by atoms with E-state index in [-0.39, 0.29) is 0 Å². The Bertz CT molecular complexity index is 2200. The van der Waals surface area contributed by atoms with Crippen molar-refractivity contribution in [2.24, 2.45) is 0 Å². The van der Waals surface area contributed by atoms with E-state index in [1.807, 2.05) is 0 Å². The number of aromatic nitrogens is 2. The lowest BCUT2D eigenvalue weighted by Gasteiger charge is -2.19. The number of hydrogen-bond acceptors (Lipinski definition) is 2. The third-order valence-electron chi connectivity index (χ3n) is 8.42. The van der Waals surface area contributed by atoms with Crippen LogP contribution in [-0.2, 0) is 0 Å². The second kappa shape index (κ2) is 10.1. The van der Waals surface area contributed by atoms with Crippen molar-refractivity contribution in [1.29, 1.82) is 0 Å². The Balaban J connectivity index is 1.49. The molecule has 2 heterocycles. The molecule has 3 heteroatoms. The number of para-hydroxylation sites is 4. The second-order valence-electron chi connectivity index (χ2n) is 11.4. The van der Waals surface area contributed by atoms with Gasteiger partial charge in [0.05, 0.1) is 22.3 Å². The first kappa shape index (κ1) is 25.3. The third-order valence-corrected chi connectivity index (χ3v) is 8.42. The molecule has 0 fully saturated rings. The van der Waals surface area contributed by atoms with Gasteiger partial charge in [-0.25, -0.2) is 4.98 Å². The maximum Gasteiger partial charge on any atom is 0.149 e. The van der Waals surface area contributed by atoms with Gasteiger partial charge >= 0.3 is 0 Å². The van der Waals surface area contributed by atoms with Crippen LogP contribution in [-0.4, -0.2) is 9.55 Å². The maximum absolute atomic E-state index is 6.69. The van der Waals surface area contributed by atoms with Gasteiger partial charge in [-0.15, -0.1) is 0 Å². The molecule has 206 valence electrons. The van der Waals surface area contributed by atoms with Crippen LogP contribution in [0.4, 0.5) is 0 Å². The van der Waals surface area contributed by atoms with Crippen molar-refractivity contribution in [2.45, 2.75) is 19.8 Å². The van der Waals surface area contributed by atoms with Crippen LogP contribution in [0, 0.1) is 0 Å². The summed E-state index contributed by atoms with van der Waals surface area (Å²) in [5.74, 6) is 1.28. The van der Waals surface area contributed by atoms with Crippen LogP contribution in [0.1, 0.15) is 25.3 Å². The summed E-state index contributed by atoms with van der Waals surface area (Å²) in [6, 6.07) is 49.2. The standard InChI is InChI=1S/C40H30N2O/c1-26(2)29-23-24-32-33-19-12-20-34(39(33)43-37(32)25-29)40-41-35-21-9-10-22-36(35)42(40)38-30(27-13-5-3-6-14-27)17-11-18-31(38)28-15-7-4-8-16-28/h3-26H,1-2H3. The minimum atomic E-state index is 0.423. The lowest BCUT2D eigenvalue weighted by Crippen LogP contribution is -2.03. The molecule has 0 saturated carbocycles. The summed E-state index contributed by atoms with van der Waals surface area (Å²) in [5.41, 5.74) is 11.7. The van der Waals surface area contributed by atoms with E-state index in [1.165, 1.54) is 5.56 Å². The first-order valence-corrected chi connectivity index (χ1v) is 14.8. The fourth-order valence-corrected chi connectivity index (χ4v) is 6.27. The monoisotopic (exact) mass is 554 g/mol. The fourth-order valence-electron chi connectivity index (χ4n) is 6.27. The van der Waals surface area contributed by atoms with E-state index in [2.05, 4.69) is 158 Å². The van der Waals surface area contributed by atoms with E-state index in [0.29, 0.717) is 5.92 Å². The molecule has 0 amide bonds. The van der Waals surface area contributed by atoms with Crippen LogP contribution in [0.3, 0.4) is 0 Å². The normalized spacial score (nSPS) is 11.7. The Morgan fingerprint density at radius 2 is 1.21 bits per heavy atom. The van der Waals surface area contributed by atoms with Gasteiger partial charge in [-0.05, 0) is 46.9 Å². The molecule has 8 aromatic rings. The molecular formula is C40H30N2O. The number of fused-ring (bicyclic) bond motifs is 4. The molecule has 0 unspecified atom stereocenters. The molecular weight excluding hydrogens is 524 g/mol. The lowest BCUT2D eigenvalue weighted by molar-refractivity contribution is 0.667.